The molecule has 4 nitrogen and oxygen atoms in total. The lowest BCUT2D eigenvalue weighted by molar-refractivity contribution is -0.144. The van der Waals surface area contributed by atoms with Crippen molar-refractivity contribution < 1.29 is 13.2 Å². The van der Waals surface area contributed by atoms with Crippen molar-refractivity contribution in [1.82, 2.24) is 19.9 Å². The van der Waals surface area contributed by atoms with Gasteiger partial charge in [0, 0.05) is 39.4 Å². The second kappa shape index (κ2) is 7.08. The normalized spacial score (nSPS) is 13.1. The van der Waals surface area contributed by atoms with Crippen molar-refractivity contribution in [3.63, 3.8) is 0 Å². The first-order chi connectivity index (χ1) is 16.5. The largest absolute Gasteiger partial charge is 0.451 e. The molecule has 7 rings (SSSR count). The van der Waals surface area contributed by atoms with E-state index in [1.807, 2.05) is 31.2 Å². The van der Waals surface area contributed by atoms with Crippen molar-refractivity contribution in [2.75, 3.05) is 0 Å². The van der Waals surface area contributed by atoms with E-state index in [0.717, 1.165) is 57.7 Å². The molecule has 0 atom stereocenters. The van der Waals surface area contributed by atoms with E-state index >= 15 is 0 Å². The van der Waals surface area contributed by atoms with E-state index in [4.69, 9.17) is 9.97 Å². The number of halogens is 7. The monoisotopic (exact) mass is 724 g/mol. The van der Waals surface area contributed by atoms with Gasteiger partial charge in [0.25, 0.3) is 0 Å². The highest BCUT2D eigenvalue weighted by molar-refractivity contribution is 9.11. The van der Waals surface area contributed by atoms with Gasteiger partial charge in [-0.3, -0.25) is 0 Å². The molecule has 2 heterocycles. The fourth-order valence-electron chi connectivity index (χ4n) is 5.07. The summed E-state index contributed by atoms with van der Waals surface area (Å²) >= 11 is 14.4. The highest BCUT2D eigenvalue weighted by atomic mass is 79.9. The minimum absolute atomic E-state index is 0.214. The Labute approximate surface area is 227 Å². The molecule has 0 spiro atoms. The molecule has 0 aliphatic carbocycles. The van der Waals surface area contributed by atoms with Gasteiger partial charge in [0.1, 0.15) is 5.82 Å². The van der Waals surface area contributed by atoms with E-state index in [0.29, 0.717) is 20.2 Å². The van der Waals surface area contributed by atoms with E-state index in [-0.39, 0.29) is 11.0 Å². The minimum atomic E-state index is -4.67. The van der Waals surface area contributed by atoms with Crippen LogP contribution >= 0.6 is 63.7 Å². The maximum atomic E-state index is 13.6. The van der Waals surface area contributed by atoms with Crippen molar-refractivity contribution in [3.05, 3.63) is 53.8 Å². The van der Waals surface area contributed by atoms with Gasteiger partial charge in [-0.2, -0.15) is 13.2 Å². The zero-order chi connectivity index (χ0) is 24.5. The topological polar surface area (TPSA) is 51.6 Å². The SMILES string of the molecule is Cc1nc2c(Br)cc3c4cc(Br)c5nc(C(F)(F)F)nc6c(Br)cc(c7cc(Br)c(n1)c2c37)c4c56. The summed E-state index contributed by atoms with van der Waals surface area (Å²) in [4.78, 5) is 17.2. The van der Waals surface area contributed by atoms with Crippen LogP contribution < -0.4 is 0 Å². The Balaban J connectivity index is 1.85. The first-order valence-electron chi connectivity index (χ1n) is 10.2. The second-order valence-electron chi connectivity index (χ2n) is 8.33. The van der Waals surface area contributed by atoms with Gasteiger partial charge in [-0.15, -0.1) is 0 Å². The summed E-state index contributed by atoms with van der Waals surface area (Å²) in [7, 11) is 0. The molecule has 0 fully saturated rings. The molecular weight excluding hydrogens is 721 g/mol. The van der Waals surface area contributed by atoms with Crippen molar-refractivity contribution in [2.24, 2.45) is 0 Å². The Bertz CT molecular complexity index is 1930. The van der Waals surface area contributed by atoms with Crippen LogP contribution in [0, 0.1) is 6.92 Å². The molecule has 0 amide bonds. The summed E-state index contributed by atoms with van der Waals surface area (Å²) in [5.74, 6) is -0.522. The number of rotatable bonds is 0. The highest BCUT2D eigenvalue weighted by Gasteiger charge is 2.36. The standard InChI is InChI=1S/C24H7Br4F3N4/c1-6-32-19-11(25)2-7-9-4-13(27)21-18-16(9)10(8-3-12(26)20(33-6)17(19)15(7)8)5-14(28)22(18)35-23(34-21)24(29,30)31/h2-5H,1H3. The van der Waals surface area contributed by atoms with Gasteiger partial charge in [-0.1, -0.05) is 0 Å². The fraction of sp³-hybridized carbons (Fsp3) is 0.0833. The molecule has 0 radical (unpaired) electrons. The van der Waals surface area contributed by atoms with E-state index in [9.17, 15) is 13.2 Å². The quantitative estimate of drug-likeness (QED) is 0.115. The smallest absolute Gasteiger partial charge is 0.232 e. The highest BCUT2D eigenvalue weighted by Crippen LogP contribution is 2.50. The number of benzene rings is 5. The van der Waals surface area contributed by atoms with Gasteiger partial charge >= 0.3 is 6.18 Å². The first kappa shape index (κ1) is 22.3. The molecule has 0 saturated carbocycles. The Morgan fingerprint density at radius 3 is 1.17 bits per heavy atom. The Kier molecular flexibility index (Phi) is 4.51. The average Bonchev–Trinajstić information content (AvgIpc) is 2.79. The molecule has 0 aliphatic rings. The van der Waals surface area contributed by atoms with E-state index in [1.54, 1.807) is 0 Å². The second-order valence-corrected chi connectivity index (χ2v) is 11.8. The number of alkyl halides is 3. The summed E-state index contributed by atoms with van der Waals surface area (Å²) in [6.07, 6.45) is -4.67. The Hall–Kier alpha value is -1.95. The molecule has 5 aromatic carbocycles. The third-order valence-corrected chi connectivity index (χ3v) is 8.75. The lowest BCUT2D eigenvalue weighted by Gasteiger charge is -2.20. The number of nitrogens with zero attached hydrogens (tertiary/aromatic N) is 4. The number of fused-ring (bicyclic) bond motifs is 2. The molecular formula is C24H7Br4F3N4. The summed E-state index contributed by atoms with van der Waals surface area (Å²) in [6.45, 7) is 1.85. The molecule has 11 heteroatoms. The van der Waals surface area contributed by atoms with Crippen LogP contribution in [0.3, 0.4) is 0 Å². The van der Waals surface area contributed by atoms with Gasteiger partial charge in [-0.25, -0.2) is 19.9 Å². The predicted octanol–water partition coefficient (Wildman–Crippen LogP) is 9.44. The van der Waals surface area contributed by atoms with Crippen molar-refractivity contribution in [2.45, 2.75) is 13.1 Å². The molecule has 35 heavy (non-hydrogen) atoms. The third kappa shape index (κ3) is 2.89. The van der Waals surface area contributed by atoms with Crippen LogP contribution in [0.5, 0.6) is 0 Å². The van der Waals surface area contributed by atoms with Crippen LogP contribution in [-0.2, 0) is 6.18 Å². The van der Waals surface area contributed by atoms with Gasteiger partial charge in [0.2, 0.25) is 5.82 Å². The van der Waals surface area contributed by atoms with E-state index in [2.05, 4.69) is 73.7 Å². The fourth-order valence-corrected chi connectivity index (χ4v) is 7.14. The predicted molar refractivity (Wildman–Crippen MR) is 146 cm³/mol. The maximum absolute atomic E-state index is 13.6. The van der Waals surface area contributed by atoms with Crippen molar-refractivity contribution >= 4 is 129 Å². The third-order valence-electron chi connectivity index (χ3n) is 6.33. The lowest BCUT2D eigenvalue weighted by atomic mass is 9.88. The van der Waals surface area contributed by atoms with Crippen molar-refractivity contribution in [1.29, 1.82) is 0 Å². The van der Waals surface area contributed by atoms with Gasteiger partial charge in [-0.05, 0) is 116 Å². The number of hydrogen-bond acceptors (Lipinski definition) is 4. The molecule has 0 unspecified atom stereocenters. The number of aryl methyl sites for hydroxylation is 1. The molecule has 0 aliphatic heterocycles. The van der Waals surface area contributed by atoms with Crippen LogP contribution in [0.1, 0.15) is 11.6 Å². The Morgan fingerprint density at radius 2 is 0.857 bits per heavy atom. The van der Waals surface area contributed by atoms with Crippen LogP contribution in [0.25, 0.3) is 65.2 Å². The number of hydrogen-bond donors (Lipinski definition) is 0. The van der Waals surface area contributed by atoms with Crippen molar-refractivity contribution in [3.8, 4) is 0 Å². The maximum Gasteiger partial charge on any atom is 0.451 e. The van der Waals surface area contributed by atoms with Gasteiger partial charge < -0.3 is 0 Å². The van der Waals surface area contributed by atoms with E-state index in [1.165, 1.54) is 0 Å². The summed E-state index contributed by atoms with van der Waals surface area (Å²) < 4.78 is 43.4. The molecule has 0 bridgehead atoms. The molecule has 0 saturated heterocycles. The van der Waals surface area contributed by atoms with Crippen LogP contribution in [0.2, 0.25) is 0 Å². The van der Waals surface area contributed by atoms with Crippen LogP contribution in [0.4, 0.5) is 13.2 Å². The summed E-state index contributed by atoms with van der Waals surface area (Å²) in [5, 5.41) is 6.89. The molecule has 0 N–H and O–H groups in total. The van der Waals surface area contributed by atoms with Crippen LogP contribution in [-0.4, -0.2) is 19.9 Å². The summed E-state index contributed by atoms with van der Waals surface area (Å²) in [6, 6.07) is 7.70. The minimum Gasteiger partial charge on any atom is -0.232 e. The molecule has 7 aromatic rings. The molecule has 172 valence electrons. The Morgan fingerprint density at radius 1 is 0.543 bits per heavy atom. The average molecular weight is 728 g/mol. The van der Waals surface area contributed by atoms with E-state index < -0.39 is 12.0 Å². The molecule has 2 aromatic heterocycles. The number of aromatic nitrogens is 4. The van der Waals surface area contributed by atoms with Gasteiger partial charge in [0.05, 0.1) is 22.1 Å². The lowest BCUT2D eigenvalue weighted by Crippen LogP contribution is -2.11. The zero-order valence-corrected chi connectivity index (χ0v) is 23.6. The first-order valence-corrected chi connectivity index (χ1v) is 13.3. The van der Waals surface area contributed by atoms with Gasteiger partial charge in [0.15, 0.2) is 0 Å². The summed E-state index contributed by atoms with van der Waals surface area (Å²) in [5.41, 5.74) is 2.03. The zero-order valence-electron chi connectivity index (χ0n) is 17.2. The van der Waals surface area contributed by atoms with Crippen LogP contribution in [0.15, 0.2) is 42.2 Å².